The van der Waals surface area contributed by atoms with Gasteiger partial charge >= 0.3 is 0 Å². The Morgan fingerprint density at radius 1 is 1.12 bits per heavy atom. The highest BCUT2D eigenvalue weighted by atomic mass is 35.5. The fourth-order valence-corrected chi connectivity index (χ4v) is 5.22. The first-order valence-corrected chi connectivity index (χ1v) is 12.3. The van der Waals surface area contributed by atoms with Gasteiger partial charge in [-0.2, -0.15) is 0 Å². The van der Waals surface area contributed by atoms with Crippen LogP contribution in [0.15, 0.2) is 36.7 Å². The first-order valence-electron chi connectivity index (χ1n) is 11.9. The summed E-state index contributed by atoms with van der Waals surface area (Å²) in [6, 6.07) is 7.71. The molecular weight excluding hydrogens is 443 g/mol. The van der Waals surface area contributed by atoms with Gasteiger partial charge in [-0.1, -0.05) is 23.7 Å². The summed E-state index contributed by atoms with van der Waals surface area (Å²) in [6.45, 7) is 3.21. The quantitative estimate of drug-likeness (QED) is 0.577. The van der Waals surface area contributed by atoms with Gasteiger partial charge in [-0.25, -0.2) is 14.4 Å². The largest absolute Gasteiger partial charge is 0.494 e. The monoisotopic (exact) mass is 472 g/mol. The van der Waals surface area contributed by atoms with Crippen LogP contribution < -0.4 is 9.64 Å². The van der Waals surface area contributed by atoms with Crippen LogP contribution in [0, 0.1) is 17.8 Å². The van der Waals surface area contributed by atoms with Crippen LogP contribution in [0.3, 0.4) is 0 Å². The van der Waals surface area contributed by atoms with Crippen LogP contribution in [-0.4, -0.2) is 59.7 Å². The van der Waals surface area contributed by atoms with Crippen molar-refractivity contribution in [2.24, 2.45) is 17.8 Å². The predicted molar refractivity (Wildman–Crippen MR) is 125 cm³/mol. The SMILES string of the molecule is O=C(Cc1ccc(OCC[C@H]2C[C@H]2C2CCN(c3ncc(Cl)cn3)CC2)cc1)N1CC(F)C1. The van der Waals surface area contributed by atoms with Crippen molar-refractivity contribution in [3.05, 3.63) is 47.2 Å². The summed E-state index contributed by atoms with van der Waals surface area (Å²) in [4.78, 5) is 24.6. The number of hydrogen-bond donors (Lipinski definition) is 0. The Bertz CT molecular complexity index is 944. The Hall–Kier alpha value is -2.41. The van der Waals surface area contributed by atoms with Gasteiger partial charge in [-0.3, -0.25) is 4.79 Å². The van der Waals surface area contributed by atoms with Gasteiger partial charge in [-0.15, -0.1) is 0 Å². The molecule has 0 radical (unpaired) electrons. The van der Waals surface area contributed by atoms with Crippen LogP contribution in [-0.2, 0) is 11.2 Å². The number of benzene rings is 1. The molecule has 2 aromatic rings. The van der Waals surface area contributed by atoms with Crippen LogP contribution in [0.1, 0.15) is 31.2 Å². The number of halogens is 2. The van der Waals surface area contributed by atoms with Crippen LogP contribution in [0.25, 0.3) is 0 Å². The van der Waals surface area contributed by atoms with Gasteiger partial charge < -0.3 is 14.5 Å². The van der Waals surface area contributed by atoms with Crippen molar-refractivity contribution in [3.8, 4) is 5.75 Å². The number of nitrogens with zero attached hydrogens (tertiary/aromatic N) is 4. The van der Waals surface area contributed by atoms with Crippen LogP contribution >= 0.6 is 11.6 Å². The van der Waals surface area contributed by atoms with Crippen LogP contribution in [0.2, 0.25) is 5.02 Å². The molecule has 2 saturated heterocycles. The van der Waals surface area contributed by atoms with Gasteiger partial charge in [0, 0.05) is 13.1 Å². The molecule has 3 aliphatic rings. The number of carbonyl (C=O) groups excluding carboxylic acids is 1. The summed E-state index contributed by atoms with van der Waals surface area (Å²) in [7, 11) is 0. The smallest absolute Gasteiger partial charge is 0.227 e. The molecule has 0 N–H and O–H groups in total. The van der Waals surface area contributed by atoms with Crippen LogP contribution in [0.4, 0.5) is 10.3 Å². The second kappa shape index (κ2) is 9.84. The Labute approximate surface area is 199 Å². The molecule has 0 spiro atoms. The van der Waals surface area contributed by atoms with Crippen molar-refractivity contribution in [1.82, 2.24) is 14.9 Å². The molecule has 33 heavy (non-hydrogen) atoms. The van der Waals surface area contributed by atoms with Gasteiger partial charge in [0.2, 0.25) is 11.9 Å². The van der Waals surface area contributed by atoms with Crippen molar-refractivity contribution >= 4 is 23.5 Å². The Kier molecular flexibility index (Phi) is 6.67. The van der Waals surface area contributed by atoms with E-state index in [4.69, 9.17) is 16.3 Å². The maximum Gasteiger partial charge on any atom is 0.227 e. The Balaban J connectivity index is 0.991. The van der Waals surface area contributed by atoms with Crippen molar-refractivity contribution in [2.75, 3.05) is 37.7 Å². The zero-order valence-electron chi connectivity index (χ0n) is 18.7. The molecule has 1 aromatic carbocycles. The zero-order valence-corrected chi connectivity index (χ0v) is 19.5. The highest BCUT2D eigenvalue weighted by molar-refractivity contribution is 6.30. The fraction of sp³-hybridized carbons (Fsp3) is 0.560. The molecule has 3 heterocycles. The third kappa shape index (κ3) is 5.57. The van der Waals surface area contributed by atoms with Gasteiger partial charge in [0.1, 0.15) is 11.9 Å². The molecule has 6 nitrogen and oxygen atoms in total. The van der Waals surface area contributed by atoms with Crippen LogP contribution in [0.5, 0.6) is 5.75 Å². The summed E-state index contributed by atoms with van der Waals surface area (Å²) < 4.78 is 18.8. The number of carbonyl (C=O) groups is 1. The summed E-state index contributed by atoms with van der Waals surface area (Å²) in [6.07, 6.45) is 7.57. The van der Waals surface area contributed by atoms with Gasteiger partial charge in [0.25, 0.3) is 0 Å². The van der Waals surface area contributed by atoms with E-state index < -0.39 is 6.17 Å². The van der Waals surface area contributed by atoms with Crippen molar-refractivity contribution in [3.63, 3.8) is 0 Å². The molecule has 1 aliphatic carbocycles. The number of ether oxygens (including phenoxy) is 1. The maximum absolute atomic E-state index is 12.9. The predicted octanol–water partition coefficient (Wildman–Crippen LogP) is 4.17. The molecule has 3 fully saturated rings. The normalized spacial score (nSPS) is 23.3. The zero-order chi connectivity index (χ0) is 22.8. The number of likely N-dealkylation sites (tertiary alicyclic amines) is 1. The number of hydrogen-bond acceptors (Lipinski definition) is 5. The van der Waals surface area contributed by atoms with Gasteiger partial charge in [-0.05, 0) is 61.1 Å². The number of piperidine rings is 1. The number of rotatable bonds is 8. The van der Waals surface area contributed by atoms with Gasteiger partial charge in [0.05, 0.1) is 43.5 Å². The van der Waals surface area contributed by atoms with Gasteiger partial charge in [0.15, 0.2) is 0 Å². The van der Waals surface area contributed by atoms with E-state index in [-0.39, 0.29) is 19.0 Å². The molecule has 1 saturated carbocycles. The Morgan fingerprint density at radius 2 is 1.82 bits per heavy atom. The Morgan fingerprint density at radius 3 is 2.48 bits per heavy atom. The lowest BCUT2D eigenvalue weighted by Gasteiger charge is -2.34. The number of aromatic nitrogens is 2. The minimum Gasteiger partial charge on any atom is -0.494 e. The van der Waals surface area contributed by atoms with Crippen molar-refractivity contribution in [2.45, 2.75) is 38.3 Å². The lowest BCUT2D eigenvalue weighted by atomic mass is 9.90. The highest BCUT2D eigenvalue weighted by Gasteiger charge is 2.43. The average Bonchev–Trinajstić information content (AvgIpc) is 3.58. The molecule has 8 heteroatoms. The van der Waals surface area contributed by atoms with E-state index in [1.54, 1.807) is 17.3 Å². The standard InChI is InChI=1S/C25H30ClFN4O2/c26-20-13-28-25(29-14-20)30-8-5-18(6-9-30)23-12-19(23)7-10-33-22-3-1-17(2-4-22)11-24(32)31-15-21(27)16-31/h1-4,13-14,18-19,21,23H,5-12,15-16H2/t19-,23-/m0/s1. The lowest BCUT2D eigenvalue weighted by Crippen LogP contribution is -2.51. The molecule has 0 bridgehead atoms. The maximum atomic E-state index is 12.9. The molecular formula is C25H30ClFN4O2. The van der Waals surface area contributed by atoms with E-state index in [1.165, 1.54) is 19.3 Å². The summed E-state index contributed by atoms with van der Waals surface area (Å²) >= 11 is 5.89. The summed E-state index contributed by atoms with van der Waals surface area (Å²) in [5, 5.41) is 0.572. The lowest BCUT2D eigenvalue weighted by molar-refractivity contribution is -0.137. The summed E-state index contributed by atoms with van der Waals surface area (Å²) in [5.41, 5.74) is 0.937. The van der Waals surface area contributed by atoms with E-state index in [0.29, 0.717) is 11.4 Å². The third-order valence-electron chi connectivity index (χ3n) is 7.24. The molecule has 176 valence electrons. The van der Waals surface area contributed by atoms with E-state index in [1.807, 2.05) is 24.3 Å². The van der Waals surface area contributed by atoms with E-state index >= 15 is 0 Å². The molecule has 1 aromatic heterocycles. The minimum atomic E-state index is -0.854. The number of alkyl halides is 1. The first kappa shape index (κ1) is 22.4. The summed E-state index contributed by atoms with van der Waals surface area (Å²) in [5.74, 6) is 3.98. The second-order valence-corrected chi connectivity index (χ2v) is 9.98. The fourth-order valence-electron chi connectivity index (χ4n) is 5.12. The molecule has 0 unspecified atom stereocenters. The number of anilines is 1. The molecule has 2 aliphatic heterocycles. The number of amides is 1. The van der Waals surface area contributed by atoms with E-state index in [9.17, 15) is 9.18 Å². The molecule has 2 atom stereocenters. The second-order valence-electron chi connectivity index (χ2n) is 9.54. The molecule has 1 amide bonds. The van der Waals surface area contributed by atoms with Crippen molar-refractivity contribution < 1.29 is 13.9 Å². The highest BCUT2D eigenvalue weighted by Crippen LogP contribution is 2.49. The van der Waals surface area contributed by atoms with Crippen molar-refractivity contribution in [1.29, 1.82) is 0 Å². The first-order chi connectivity index (χ1) is 16.0. The van der Waals surface area contributed by atoms with E-state index in [2.05, 4.69) is 14.9 Å². The molecule has 5 rings (SSSR count). The third-order valence-corrected chi connectivity index (χ3v) is 7.43. The minimum absolute atomic E-state index is 0.0103. The average molecular weight is 473 g/mol. The topological polar surface area (TPSA) is 58.6 Å². The van der Waals surface area contributed by atoms with E-state index in [0.717, 1.165) is 61.1 Å².